The van der Waals surface area contributed by atoms with Crippen molar-refractivity contribution in [1.29, 1.82) is 0 Å². The molecule has 0 unspecified atom stereocenters. The first-order valence-electron chi connectivity index (χ1n) is 12.8. The van der Waals surface area contributed by atoms with Crippen LogP contribution in [0, 0.1) is 0 Å². The van der Waals surface area contributed by atoms with Crippen LogP contribution < -0.4 is 14.8 Å². The SMILES string of the molecule is COc1ccc(Cn2cc(C3CCCC3)cn2)c(-c2ccc(CNC(=O)c3ccccc3OC)cc2)c1. The van der Waals surface area contributed by atoms with Crippen LogP contribution in [-0.2, 0) is 13.1 Å². The third-order valence-electron chi connectivity index (χ3n) is 7.20. The van der Waals surface area contributed by atoms with Crippen LogP contribution in [0.5, 0.6) is 11.5 Å². The Bertz CT molecular complexity index is 1350. The number of carbonyl (C=O) groups excluding carboxylic acids is 1. The van der Waals surface area contributed by atoms with Crippen molar-refractivity contribution >= 4 is 5.91 Å². The Kier molecular flexibility index (Phi) is 7.54. The predicted molar refractivity (Wildman–Crippen MR) is 145 cm³/mol. The summed E-state index contributed by atoms with van der Waals surface area (Å²) in [6.07, 6.45) is 9.42. The highest BCUT2D eigenvalue weighted by Crippen LogP contribution is 2.34. The van der Waals surface area contributed by atoms with Crippen molar-refractivity contribution in [1.82, 2.24) is 15.1 Å². The number of amides is 1. The molecule has 1 saturated carbocycles. The molecule has 1 N–H and O–H groups in total. The van der Waals surface area contributed by atoms with E-state index in [1.807, 2.05) is 41.2 Å². The van der Waals surface area contributed by atoms with E-state index >= 15 is 0 Å². The molecule has 1 aliphatic carbocycles. The molecule has 4 aromatic rings. The average Bonchev–Trinajstić information content (AvgIpc) is 3.65. The van der Waals surface area contributed by atoms with E-state index in [2.05, 4.69) is 40.9 Å². The molecule has 0 spiro atoms. The van der Waals surface area contributed by atoms with E-state index in [-0.39, 0.29) is 5.91 Å². The second-order valence-corrected chi connectivity index (χ2v) is 9.56. The van der Waals surface area contributed by atoms with Crippen molar-refractivity contribution in [3.05, 3.63) is 101 Å². The van der Waals surface area contributed by atoms with E-state index in [0.717, 1.165) is 22.4 Å². The molecule has 3 aromatic carbocycles. The summed E-state index contributed by atoms with van der Waals surface area (Å²) < 4.78 is 12.9. The zero-order chi connectivity index (χ0) is 25.6. The van der Waals surface area contributed by atoms with Crippen LogP contribution in [0.3, 0.4) is 0 Å². The van der Waals surface area contributed by atoms with Gasteiger partial charge in [0.1, 0.15) is 11.5 Å². The lowest BCUT2D eigenvalue weighted by Gasteiger charge is -2.13. The molecule has 0 saturated heterocycles. The van der Waals surface area contributed by atoms with Crippen molar-refractivity contribution in [2.24, 2.45) is 0 Å². The van der Waals surface area contributed by atoms with E-state index in [9.17, 15) is 4.79 Å². The van der Waals surface area contributed by atoms with Gasteiger partial charge < -0.3 is 14.8 Å². The zero-order valence-electron chi connectivity index (χ0n) is 21.4. The first-order valence-corrected chi connectivity index (χ1v) is 12.8. The standard InChI is InChI=1S/C31H33N3O3/c1-36-27-16-15-25(20-34-21-26(19-33-34)23-7-3-4-8-23)29(17-27)24-13-11-22(12-14-24)18-32-31(35)28-9-5-6-10-30(28)37-2/h5-6,9-17,19,21,23H,3-4,7-8,18,20H2,1-2H3,(H,32,35). The number of para-hydroxylation sites is 1. The van der Waals surface area contributed by atoms with Gasteiger partial charge in [-0.05, 0) is 70.8 Å². The van der Waals surface area contributed by atoms with E-state index in [4.69, 9.17) is 9.47 Å². The minimum Gasteiger partial charge on any atom is -0.497 e. The molecule has 190 valence electrons. The molecule has 0 radical (unpaired) electrons. The van der Waals surface area contributed by atoms with E-state index in [1.165, 1.54) is 36.8 Å². The number of carbonyl (C=O) groups is 1. The van der Waals surface area contributed by atoms with Crippen LogP contribution in [0.1, 0.15) is 58.6 Å². The van der Waals surface area contributed by atoms with Crippen molar-refractivity contribution in [2.75, 3.05) is 14.2 Å². The zero-order valence-corrected chi connectivity index (χ0v) is 21.4. The Balaban J connectivity index is 1.31. The van der Waals surface area contributed by atoms with Gasteiger partial charge in [-0.2, -0.15) is 5.10 Å². The largest absolute Gasteiger partial charge is 0.497 e. The monoisotopic (exact) mass is 495 g/mol. The molecular weight excluding hydrogens is 462 g/mol. The fourth-order valence-electron chi connectivity index (χ4n) is 5.11. The fourth-order valence-corrected chi connectivity index (χ4v) is 5.11. The van der Waals surface area contributed by atoms with Crippen molar-refractivity contribution < 1.29 is 14.3 Å². The Morgan fingerprint density at radius 2 is 1.78 bits per heavy atom. The Morgan fingerprint density at radius 3 is 2.54 bits per heavy atom. The lowest BCUT2D eigenvalue weighted by molar-refractivity contribution is 0.0948. The third-order valence-corrected chi connectivity index (χ3v) is 7.20. The highest BCUT2D eigenvalue weighted by Gasteiger charge is 2.19. The lowest BCUT2D eigenvalue weighted by atomic mass is 9.98. The van der Waals surface area contributed by atoms with Gasteiger partial charge in [-0.3, -0.25) is 9.48 Å². The molecule has 1 aromatic heterocycles. The number of nitrogens with zero attached hydrogens (tertiary/aromatic N) is 2. The summed E-state index contributed by atoms with van der Waals surface area (Å²) >= 11 is 0. The predicted octanol–water partition coefficient (Wildman–Crippen LogP) is 6.20. The van der Waals surface area contributed by atoms with Gasteiger partial charge >= 0.3 is 0 Å². The molecule has 6 nitrogen and oxygen atoms in total. The molecule has 6 heteroatoms. The second-order valence-electron chi connectivity index (χ2n) is 9.56. The number of rotatable bonds is 9. The molecule has 0 aliphatic heterocycles. The highest BCUT2D eigenvalue weighted by molar-refractivity contribution is 5.96. The number of hydrogen-bond donors (Lipinski definition) is 1. The number of methoxy groups -OCH3 is 2. The van der Waals surface area contributed by atoms with E-state index < -0.39 is 0 Å². The summed E-state index contributed by atoms with van der Waals surface area (Å²) in [7, 11) is 3.26. The van der Waals surface area contributed by atoms with Crippen molar-refractivity contribution in [3.63, 3.8) is 0 Å². The highest BCUT2D eigenvalue weighted by atomic mass is 16.5. The summed E-state index contributed by atoms with van der Waals surface area (Å²) in [5.74, 6) is 1.88. The third kappa shape index (κ3) is 5.69. The average molecular weight is 496 g/mol. The number of ether oxygens (including phenoxy) is 2. The molecule has 37 heavy (non-hydrogen) atoms. The quantitative estimate of drug-likeness (QED) is 0.300. The summed E-state index contributed by atoms with van der Waals surface area (Å²) in [5.41, 5.74) is 6.28. The Hall–Kier alpha value is -4.06. The van der Waals surface area contributed by atoms with E-state index in [0.29, 0.717) is 30.3 Å². The molecule has 1 fully saturated rings. The van der Waals surface area contributed by atoms with Gasteiger partial charge in [0.25, 0.3) is 5.91 Å². The second kappa shape index (κ2) is 11.3. The van der Waals surface area contributed by atoms with Crippen LogP contribution in [0.2, 0.25) is 0 Å². The molecule has 1 amide bonds. The summed E-state index contributed by atoms with van der Waals surface area (Å²) in [6.45, 7) is 1.13. The van der Waals surface area contributed by atoms with Crippen LogP contribution in [0.25, 0.3) is 11.1 Å². The van der Waals surface area contributed by atoms with Gasteiger partial charge in [0, 0.05) is 12.7 Å². The number of nitrogens with one attached hydrogen (secondary N) is 1. The van der Waals surface area contributed by atoms with Crippen molar-refractivity contribution in [2.45, 2.75) is 44.7 Å². The molecule has 0 atom stereocenters. The first kappa shape index (κ1) is 24.6. The van der Waals surface area contributed by atoms with Crippen molar-refractivity contribution in [3.8, 4) is 22.6 Å². The molecule has 0 bridgehead atoms. The normalized spacial score (nSPS) is 13.5. The first-order chi connectivity index (χ1) is 18.1. The molecular formula is C31H33N3O3. The maximum absolute atomic E-state index is 12.6. The Morgan fingerprint density at radius 1 is 1.00 bits per heavy atom. The fraction of sp³-hybridized carbons (Fsp3) is 0.290. The van der Waals surface area contributed by atoms with Crippen LogP contribution in [-0.4, -0.2) is 29.9 Å². The summed E-state index contributed by atoms with van der Waals surface area (Å²) in [6, 6.07) is 21.7. The van der Waals surface area contributed by atoms with Gasteiger partial charge in [-0.15, -0.1) is 0 Å². The number of benzene rings is 3. The summed E-state index contributed by atoms with van der Waals surface area (Å²) in [5, 5.41) is 7.65. The maximum atomic E-state index is 12.6. The molecule has 1 heterocycles. The van der Waals surface area contributed by atoms with Crippen LogP contribution in [0.4, 0.5) is 0 Å². The Labute approximate surface area is 218 Å². The molecule has 5 rings (SSSR count). The topological polar surface area (TPSA) is 65.4 Å². The number of hydrogen-bond acceptors (Lipinski definition) is 4. The van der Waals surface area contributed by atoms with Gasteiger partial charge in [0.05, 0.1) is 32.5 Å². The van der Waals surface area contributed by atoms with E-state index in [1.54, 1.807) is 26.4 Å². The van der Waals surface area contributed by atoms with Gasteiger partial charge in [-0.1, -0.05) is 55.3 Å². The van der Waals surface area contributed by atoms with Gasteiger partial charge in [0.2, 0.25) is 0 Å². The van der Waals surface area contributed by atoms with Gasteiger partial charge in [-0.25, -0.2) is 0 Å². The summed E-state index contributed by atoms with van der Waals surface area (Å²) in [4.78, 5) is 12.6. The minimum atomic E-state index is -0.159. The minimum absolute atomic E-state index is 0.159. The number of aromatic nitrogens is 2. The lowest BCUT2D eigenvalue weighted by Crippen LogP contribution is -2.23. The maximum Gasteiger partial charge on any atom is 0.255 e. The van der Waals surface area contributed by atoms with Gasteiger partial charge in [0.15, 0.2) is 0 Å². The van der Waals surface area contributed by atoms with Crippen LogP contribution in [0.15, 0.2) is 79.1 Å². The molecule has 1 aliphatic rings. The van der Waals surface area contributed by atoms with Crippen LogP contribution >= 0.6 is 0 Å². The smallest absolute Gasteiger partial charge is 0.255 e.